The van der Waals surface area contributed by atoms with Gasteiger partial charge >= 0.3 is 0 Å². The Labute approximate surface area is 110 Å². The van der Waals surface area contributed by atoms with Crippen LogP contribution in [0, 0.1) is 0 Å². The number of furan rings is 1. The van der Waals surface area contributed by atoms with Crippen molar-refractivity contribution in [1.29, 1.82) is 0 Å². The van der Waals surface area contributed by atoms with E-state index in [9.17, 15) is 5.11 Å². The number of methoxy groups -OCH3 is 2. The van der Waals surface area contributed by atoms with Gasteiger partial charge in [0.15, 0.2) is 0 Å². The van der Waals surface area contributed by atoms with Crippen molar-refractivity contribution in [3.05, 3.63) is 46.9 Å². The van der Waals surface area contributed by atoms with Crippen LogP contribution in [0.25, 0.3) is 0 Å². The molecule has 1 aromatic carbocycles. The number of halogens is 1. The molecule has 0 spiro atoms. The van der Waals surface area contributed by atoms with Crippen LogP contribution in [0.2, 0.25) is 5.02 Å². The highest BCUT2D eigenvalue weighted by atomic mass is 35.5. The maximum absolute atomic E-state index is 10.2. The lowest BCUT2D eigenvalue weighted by atomic mass is 10.1. The molecule has 1 heterocycles. The van der Waals surface area contributed by atoms with Gasteiger partial charge in [-0.05, 0) is 24.3 Å². The average Bonchev–Trinajstić information content (AvgIpc) is 2.91. The molecule has 5 heteroatoms. The van der Waals surface area contributed by atoms with Crippen molar-refractivity contribution in [2.24, 2.45) is 0 Å². The second-order valence-electron chi connectivity index (χ2n) is 3.62. The van der Waals surface area contributed by atoms with Crippen molar-refractivity contribution in [2.75, 3.05) is 14.2 Å². The summed E-state index contributed by atoms with van der Waals surface area (Å²) in [7, 11) is 3.00. The number of aliphatic hydroxyl groups is 1. The van der Waals surface area contributed by atoms with Gasteiger partial charge in [0.25, 0.3) is 0 Å². The first-order valence-electron chi connectivity index (χ1n) is 5.31. The second-order valence-corrected chi connectivity index (χ2v) is 4.00. The van der Waals surface area contributed by atoms with E-state index < -0.39 is 6.10 Å². The Morgan fingerprint density at radius 1 is 1.22 bits per heavy atom. The van der Waals surface area contributed by atoms with Gasteiger partial charge in [-0.3, -0.25) is 0 Å². The lowest BCUT2D eigenvalue weighted by molar-refractivity contribution is 0.185. The van der Waals surface area contributed by atoms with Crippen LogP contribution in [0.5, 0.6) is 11.5 Å². The van der Waals surface area contributed by atoms with Crippen LogP contribution in [0.4, 0.5) is 0 Å². The summed E-state index contributed by atoms with van der Waals surface area (Å²) in [6.07, 6.45) is 0.564. The third-order valence-electron chi connectivity index (χ3n) is 2.62. The van der Waals surface area contributed by atoms with Gasteiger partial charge in [0.2, 0.25) is 0 Å². The molecule has 18 heavy (non-hydrogen) atoms. The lowest BCUT2D eigenvalue weighted by Crippen LogP contribution is -2.02. The van der Waals surface area contributed by atoms with Crippen molar-refractivity contribution in [1.82, 2.24) is 0 Å². The van der Waals surface area contributed by atoms with Crippen molar-refractivity contribution in [3.8, 4) is 11.5 Å². The van der Waals surface area contributed by atoms with Gasteiger partial charge in [-0.15, -0.1) is 0 Å². The summed E-state index contributed by atoms with van der Waals surface area (Å²) in [6, 6.07) is 6.75. The van der Waals surface area contributed by atoms with E-state index in [0.717, 1.165) is 0 Å². The molecule has 96 valence electrons. The van der Waals surface area contributed by atoms with E-state index in [1.165, 1.54) is 20.5 Å². The average molecular weight is 269 g/mol. The fraction of sp³-hybridized carbons (Fsp3) is 0.231. The molecule has 0 aliphatic rings. The van der Waals surface area contributed by atoms with Gasteiger partial charge in [-0.1, -0.05) is 11.6 Å². The summed E-state index contributed by atoms with van der Waals surface area (Å²) in [5.74, 6) is 1.29. The fourth-order valence-corrected chi connectivity index (χ4v) is 2.06. The Balaban J connectivity index is 2.48. The molecular formula is C13H13ClO4. The monoisotopic (exact) mass is 268 g/mol. The molecule has 0 radical (unpaired) electrons. The van der Waals surface area contributed by atoms with Gasteiger partial charge in [0, 0.05) is 5.56 Å². The van der Waals surface area contributed by atoms with Crippen LogP contribution < -0.4 is 9.47 Å². The van der Waals surface area contributed by atoms with E-state index in [1.807, 2.05) is 0 Å². The predicted octanol–water partition coefficient (Wildman–Crippen LogP) is 3.03. The van der Waals surface area contributed by atoms with Gasteiger partial charge < -0.3 is 19.0 Å². The van der Waals surface area contributed by atoms with E-state index in [1.54, 1.807) is 24.3 Å². The Morgan fingerprint density at radius 3 is 2.56 bits per heavy atom. The molecule has 2 rings (SSSR count). The maximum atomic E-state index is 10.2. The van der Waals surface area contributed by atoms with Crippen LogP contribution >= 0.6 is 11.6 Å². The highest BCUT2D eigenvalue weighted by molar-refractivity contribution is 6.33. The molecule has 1 unspecified atom stereocenters. The zero-order valence-corrected chi connectivity index (χ0v) is 10.8. The van der Waals surface area contributed by atoms with Crippen molar-refractivity contribution < 1.29 is 19.0 Å². The molecule has 0 saturated heterocycles. The molecule has 2 aromatic rings. The Kier molecular flexibility index (Phi) is 3.79. The highest BCUT2D eigenvalue weighted by Crippen LogP contribution is 2.40. The first kappa shape index (κ1) is 12.8. The third-order valence-corrected chi connectivity index (χ3v) is 2.98. The zero-order valence-electron chi connectivity index (χ0n) is 10.0. The number of hydrogen-bond donors (Lipinski definition) is 1. The Morgan fingerprint density at radius 2 is 2.00 bits per heavy atom. The standard InChI is InChI=1S/C13H13ClO4/c1-16-9-6-5-8(13(17-2)11(9)14)12(15)10-4-3-7-18-10/h3-7,12,15H,1-2H3. The summed E-state index contributed by atoms with van der Waals surface area (Å²) in [4.78, 5) is 0. The number of hydrogen-bond acceptors (Lipinski definition) is 4. The van der Waals surface area contributed by atoms with E-state index in [0.29, 0.717) is 27.8 Å². The highest BCUT2D eigenvalue weighted by Gasteiger charge is 2.21. The molecule has 4 nitrogen and oxygen atoms in total. The number of benzene rings is 1. The molecule has 0 aliphatic carbocycles. The summed E-state index contributed by atoms with van der Waals surface area (Å²) in [5.41, 5.74) is 0.526. The lowest BCUT2D eigenvalue weighted by Gasteiger charge is -2.16. The first-order valence-corrected chi connectivity index (χ1v) is 5.68. The summed E-state index contributed by atoms with van der Waals surface area (Å²) >= 11 is 6.13. The van der Waals surface area contributed by atoms with Gasteiger partial charge in [0.1, 0.15) is 28.4 Å². The molecule has 1 atom stereocenters. The minimum Gasteiger partial charge on any atom is -0.495 e. The smallest absolute Gasteiger partial charge is 0.147 e. The molecular weight excluding hydrogens is 256 g/mol. The van der Waals surface area contributed by atoms with Crippen molar-refractivity contribution >= 4 is 11.6 Å². The SMILES string of the molecule is COc1ccc(C(O)c2ccco2)c(OC)c1Cl. The summed E-state index contributed by atoms with van der Waals surface area (Å²) < 4.78 is 15.5. The Hall–Kier alpha value is -1.65. The molecule has 1 N–H and O–H groups in total. The number of rotatable bonds is 4. The zero-order chi connectivity index (χ0) is 13.1. The quantitative estimate of drug-likeness (QED) is 0.926. The maximum Gasteiger partial charge on any atom is 0.147 e. The minimum atomic E-state index is -0.932. The summed E-state index contributed by atoms with van der Waals surface area (Å²) in [5, 5.41) is 10.5. The molecule has 1 aromatic heterocycles. The summed E-state index contributed by atoms with van der Waals surface area (Å²) in [6.45, 7) is 0. The second kappa shape index (κ2) is 5.33. The predicted molar refractivity (Wildman–Crippen MR) is 67.3 cm³/mol. The van der Waals surface area contributed by atoms with E-state index in [2.05, 4.69) is 0 Å². The van der Waals surface area contributed by atoms with Crippen LogP contribution in [-0.4, -0.2) is 19.3 Å². The minimum absolute atomic E-state index is 0.322. The number of aliphatic hydroxyl groups excluding tert-OH is 1. The van der Waals surface area contributed by atoms with E-state index in [-0.39, 0.29) is 0 Å². The third kappa shape index (κ3) is 2.17. The molecule has 0 bridgehead atoms. The van der Waals surface area contributed by atoms with Gasteiger partial charge in [-0.2, -0.15) is 0 Å². The molecule has 0 amide bonds. The normalized spacial score (nSPS) is 12.2. The van der Waals surface area contributed by atoms with Crippen LogP contribution in [0.15, 0.2) is 34.9 Å². The molecule has 0 fully saturated rings. The van der Waals surface area contributed by atoms with Gasteiger partial charge in [-0.25, -0.2) is 0 Å². The molecule has 0 aliphatic heterocycles. The van der Waals surface area contributed by atoms with Crippen molar-refractivity contribution in [3.63, 3.8) is 0 Å². The largest absolute Gasteiger partial charge is 0.495 e. The van der Waals surface area contributed by atoms with Crippen LogP contribution in [-0.2, 0) is 0 Å². The molecule has 0 saturated carbocycles. The Bertz CT molecular complexity index is 522. The first-order chi connectivity index (χ1) is 8.69. The topological polar surface area (TPSA) is 51.8 Å². The van der Waals surface area contributed by atoms with E-state index >= 15 is 0 Å². The number of ether oxygens (including phenoxy) is 2. The van der Waals surface area contributed by atoms with Crippen LogP contribution in [0.1, 0.15) is 17.4 Å². The fourth-order valence-electron chi connectivity index (χ4n) is 1.73. The van der Waals surface area contributed by atoms with Crippen molar-refractivity contribution in [2.45, 2.75) is 6.10 Å². The van der Waals surface area contributed by atoms with Gasteiger partial charge in [0.05, 0.1) is 20.5 Å². The van der Waals surface area contributed by atoms with Crippen LogP contribution in [0.3, 0.4) is 0 Å². The van der Waals surface area contributed by atoms with E-state index in [4.69, 9.17) is 25.5 Å².